The molecule has 0 heterocycles. The van der Waals surface area contributed by atoms with E-state index in [-0.39, 0.29) is 25.7 Å². The van der Waals surface area contributed by atoms with Crippen LogP contribution in [0.15, 0.2) is 0 Å². The maximum Gasteiger partial charge on any atom is 0.405 e. The first-order chi connectivity index (χ1) is 15.5. The first kappa shape index (κ1) is 29.2. The molecule has 0 aromatic rings. The maximum atomic E-state index is 13.1. The van der Waals surface area contributed by atoms with Gasteiger partial charge in [-0.3, -0.25) is 9.36 Å². The predicted molar refractivity (Wildman–Crippen MR) is 122 cm³/mol. The van der Waals surface area contributed by atoms with Crippen LogP contribution in [0.3, 0.4) is 0 Å². The largest absolute Gasteiger partial charge is 0.465 e. The average molecular weight is 495 g/mol. The first-order valence-corrected chi connectivity index (χ1v) is 13.0. The molecular formula is C20H39N4O8P. The summed E-state index contributed by atoms with van der Waals surface area (Å²) in [5.41, 5.74) is 0. The molecule has 1 saturated carbocycles. The van der Waals surface area contributed by atoms with Gasteiger partial charge in [0.05, 0.1) is 19.3 Å². The lowest BCUT2D eigenvalue weighted by Gasteiger charge is -2.32. The molecule has 192 valence electrons. The highest BCUT2D eigenvalue weighted by molar-refractivity contribution is 7.54. The standard InChI is InChI=1S/C20H39N4O8P/c1-5-31-33(30,32-6-2)18(26)16(13-21-19(27)24(3)4)22-17(25)15(23-20(28)29)12-14-10-8-7-9-11-14/h14-16,18,23,26H,5-13H2,1-4H3,(H,21,27)(H,22,25)(H,28,29). The van der Waals surface area contributed by atoms with E-state index in [2.05, 4.69) is 16.0 Å². The summed E-state index contributed by atoms with van der Waals surface area (Å²) < 4.78 is 23.5. The zero-order valence-electron chi connectivity index (χ0n) is 19.9. The van der Waals surface area contributed by atoms with Crippen molar-refractivity contribution in [2.45, 2.75) is 70.3 Å². The van der Waals surface area contributed by atoms with E-state index in [0.29, 0.717) is 6.42 Å². The van der Waals surface area contributed by atoms with Gasteiger partial charge in [-0.25, -0.2) is 9.59 Å². The van der Waals surface area contributed by atoms with Crippen molar-refractivity contribution in [3.63, 3.8) is 0 Å². The molecule has 33 heavy (non-hydrogen) atoms. The third-order valence-corrected chi connectivity index (χ3v) is 7.66. The number of hydrogen-bond donors (Lipinski definition) is 5. The fourth-order valence-corrected chi connectivity index (χ4v) is 5.50. The molecule has 0 radical (unpaired) electrons. The summed E-state index contributed by atoms with van der Waals surface area (Å²) in [6, 6.07) is -2.82. The summed E-state index contributed by atoms with van der Waals surface area (Å²) >= 11 is 0. The lowest BCUT2D eigenvalue weighted by molar-refractivity contribution is -0.124. The fraction of sp³-hybridized carbons (Fsp3) is 0.850. The summed E-state index contributed by atoms with van der Waals surface area (Å²) in [7, 11) is -1.03. The van der Waals surface area contributed by atoms with Crippen LogP contribution >= 0.6 is 7.60 Å². The van der Waals surface area contributed by atoms with E-state index in [9.17, 15) is 29.2 Å². The highest BCUT2D eigenvalue weighted by Crippen LogP contribution is 2.53. The molecule has 3 atom stereocenters. The van der Waals surface area contributed by atoms with Gasteiger partial charge < -0.3 is 40.1 Å². The number of hydrogen-bond acceptors (Lipinski definition) is 7. The van der Waals surface area contributed by atoms with E-state index in [1.54, 1.807) is 13.8 Å². The predicted octanol–water partition coefficient (Wildman–Crippen LogP) is 1.93. The van der Waals surface area contributed by atoms with E-state index in [1.807, 2.05) is 0 Å². The van der Waals surface area contributed by atoms with Gasteiger partial charge in [0.15, 0.2) is 5.85 Å². The normalized spacial score (nSPS) is 17.5. The molecule has 0 aliphatic heterocycles. The molecule has 1 aliphatic rings. The number of carbonyl (C=O) groups excluding carboxylic acids is 2. The Kier molecular flexibility index (Phi) is 12.7. The third kappa shape index (κ3) is 9.87. The topological polar surface area (TPSA) is 167 Å². The summed E-state index contributed by atoms with van der Waals surface area (Å²) in [6.45, 7) is 2.86. The average Bonchev–Trinajstić information content (AvgIpc) is 2.75. The SMILES string of the molecule is CCOP(=O)(OCC)C(O)C(CNC(=O)N(C)C)NC(=O)C(CC1CCCCC1)NC(=O)O. The Morgan fingerprint density at radius 2 is 1.64 bits per heavy atom. The number of urea groups is 1. The van der Waals surface area contributed by atoms with Gasteiger partial charge in [0.25, 0.3) is 0 Å². The van der Waals surface area contributed by atoms with Crippen LogP contribution in [0.5, 0.6) is 0 Å². The number of carboxylic acid groups (broad SMARTS) is 1. The Balaban J connectivity index is 3.07. The van der Waals surface area contributed by atoms with Gasteiger partial charge in [-0.1, -0.05) is 32.1 Å². The van der Waals surface area contributed by atoms with E-state index in [1.165, 1.54) is 19.0 Å². The summed E-state index contributed by atoms with van der Waals surface area (Å²) in [5.74, 6) is -2.29. The zero-order valence-corrected chi connectivity index (χ0v) is 20.8. The number of aliphatic hydroxyl groups is 1. The number of rotatable bonds is 13. The van der Waals surface area contributed by atoms with Gasteiger partial charge in [0.1, 0.15) is 6.04 Å². The molecule has 0 aromatic heterocycles. The molecule has 0 aromatic carbocycles. The number of carbonyl (C=O) groups is 3. The second kappa shape index (κ2) is 14.4. The lowest BCUT2D eigenvalue weighted by atomic mass is 9.84. The van der Waals surface area contributed by atoms with Crippen molar-refractivity contribution in [2.24, 2.45) is 5.92 Å². The van der Waals surface area contributed by atoms with Gasteiger partial charge in [0.2, 0.25) is 5.91 Å². The Morgan fingerprint density at radius 1 is 1.06 bits per heavy atom. The summed E-state index contributed by atoms with van der Waals surface area (Å²) in [4.78, 5) is 37.6. The minimum atomic E-state index is -4.06. The van der Waals surface area contributed by atoms with Gasteiger partial charge in [-0.2, -0.15) is 0 Å². The van der Waals surface area contributed by atoms with Crippen LogP contribution in [-0.4, -0.2) is 84.9 Å². The van der Waals surface area contributed by atoms with Crippen LogP contribution in [0, 0.1) is 5.92 Å². The van der Waals surface area contributed by atoms with Crippen LogP contribution in [-0.2, 0) is 18.4 Å². The van der Waals surface area contributed by atoms with E-state index < -0.39 is 43.6 Å². The molecule has 13 heteroatoms. The number of aliphatic hydroxyl groups excluding tert-OH is 1. The Labute approximate surface area is 195 Å². The third-order valence-electron chi connectivity index (χ3n) is 5.42. The summed E-state index contributed by atoms with van der Waals surface area (Å²) in [6.07, 6.45) is 3.92. The highest BCUT2D eigenvalue weighted by Gasteiger charge is 2.41. The van der Waals surface area contributed by atoms with E-state index >= 15 is 0 Å². The lowest BCUT2D eigenvalue weighted by Crippen LogP contribution is -2.56. The van der Waals surface area contributed by atoms with Crippen LogP contribution < -0.4 is 16.0 Å². The molecule has 0 spiro atoms. The number of nitrogens with zero attached hydrogens (tertiary/aromatic N) is 1. The summed E-state index contributed by atoms with van der Waals surface area (Å²) in [5, 5.41) is 27.4. The molecular weight excluding hydrogens is 455 g/mol. The van der Waals surface area contributed by atoms with E-state index in [0.717, 1.165) is 32.1 Å². The van der Waals surface area contributed by atoms with Gasteiger partial charge >= 0.3 is 19.7 Å². The van der Waals surface area contributed by atoms with Crippen molar-refractivity contribution in [1.29, 1.82) is 0 Å². The van der Waals surface area contributed by atoms with Crippen LogP contribution in [0.25, 0.3) is 0 Å². The minimum absolute atomic E-state index is 0.00998. The quantitative estimate of drug-likeness (QED) is 0.242. The molecule has 0 saturated heterocycles. The van der Waals surface area contributed by atoms with Crippen LogP contribution in [0.4, 0.5) is 9.59 Å². The molecule has 5 N–H and O–H groups in total. The van der Waals surface area contributed by atoms with Crippen molar-refractivity contribution in [2.75, 3.05) is 33.9 Å². The molecule has 3 unspecified atom stereocenters. The first-order valence-electron chi connectivity index (χ1n) is 11.4. The molecule has 12 nitrogen and oxygen atoms in total. The van der Waals surface area contributed by atoms with Crippen LogP contribution in [0.1, 0.15) is 52.4 Å². The molecule has 1 aliphatic carbocycles. The van der Waals surface area contributed by atoms with E-state index in [4.69, 9.17) is 9.05 Å². The molecule has 4 amide bonds. The van der Waals surface area contributed by atoms with Crippen molar-refractivity contribution in [3.8, 4) is 0 Å². The number of nitrogens with one attached hydrogen (secondary N) is 3. The molecule has 0 bridgehead atoms. The monoisotopic (exact) mass is 494 g/mol. The Hall–Kier alpha value is -1.88. The smallest absolute Gasteiger partial charge is 0.405 e. The van der Waals surface area contributed by atoms with Crippen molar-refractivity contribution in [3.05, 3.63) is 0 Å². The second-order valence-electron chi connectivity index (χ2n) is 8.23. The highest BCUT2D eigenvalue weighted by atomic mass is 31.2. The minimum Gasteiger partial charge on any atom is -0.465 e. The zero-order chi connectivity index (χ0) is 25.0. The van der Waals surface area contributed by atoms with Gasteiger partial charge in [0, 0.05) is 20.6 Å². The van der Waals surface area contributed by atoms with Gasteiger partial charge in [-0.15, -0.1) is 0 Å². The Morgan fingerprint density at radius 3 is 2.12 bits per heavy atom. The van der Waals surface area contributed by atoms with Crippen LogP contribution in [0.2, 0.25) is 0 Å². The second-order valence-corrected chi connectivity index (χ2v) is 10.4. The van der Waals surface area contributed by atoms with Gasteiger partial charge in [-0.05, 0) is 26.2 Å². The molecule has 1 fully saturated rings. The van der Waals surface area contributed by atoms with Crippen molar-refractivity contribution >= 4 is 25.6 Å². The molecule has 1 rings (SSSR count). The fourth-order valence-electron chi connectivity index (χ4n) is 3.78. The van der Waals surface area contributed by atoms with Crippen molar-refractivity contribution in [1.82, 2.24) is 20.9 Å². The number of amides is 4. The maximum absolute atomic E-state index is 13.1. The van der Waals surface area contributed by atoms with Crippen molar-refractivity contribution < 1.29 is 38.2 Å². The Bertz CT molecular complexity index is 677.